The van der Waals surface area contributed by atoms with Crippen LogP contribution in [-0.2, 0) is 6.42 Å². The van der Waals surface area contributed by atoms with E-state index in [9.17, 15) is 0 Å². The Hall–Kier alpha value is -0.820. The first-order chi connectivity index (χ1) is 8.54. The standard InChI is InChI=1S/C17H27N/c1-6-18-17-13(5)12(4)15-8-7-14(9-11(2)3)10-16(15)17/h7-8,10-13,17-18H,6,9H2,1-5H3. The summed E-state index contributed by atoms with van der Waals surface area (Å²) in [6.07, 6.45) is 1.19. The molecule has 0 fully saturated rings. The minimum Gasteiger partial charge on any atom is -0.310 e. The highest BCUT2D eigenvalue weighted by atomic mass is 14.9. The van der Waals surface area contributed by atoms with E-state index in [4.69, 9.17) is 0 Å². The Morgan fingerprint density at radius 3 is 2.50 bits per heavy atom. The minimum atomic E-state index is 0.548. The predicted molar refractivity (Wildman–Crippen MR) is 79.0 cm³/mol. The monoisotopic (exact) mass is 245 g/mol. The average Bonchev–Trinajstić information content (AvgIpc) is 2.54. The van der Waals surface area contributed by atoms with Crippen molar-refractivity contribution in [1.82, 2.24) is 5.32 Å². The predicted octanol–water partition coefficient (Wildman–Crippen LogP) is 4.29. The van der Waals surface area contributed by atoms with Gasteiger partial charge in [0.25, 0.3) is 0 Å². The Kier molecular flexibility index (Phi) is 4.11. The van der Waals surface area contributed by atoms with Crippen LogP contribution in [0.15, 0.2) is 18.2 Å². The van der Waals surface area contributed by atoms with Crippen LogP contribution in [0.3, 0.4) is 0 Å². The summed E-state index contributed by atoms with van der Waals surface area (Å²) in [6, 6.07) is 7.69. The Balaban J connectivity index is 2.32. The number of nitrogens with one attached hydrogen (secondary N) is 1. The summed E-state index contributed by atoms with van der Waals surface area (Å²) >= 11 is 0. The fraction of sp³-hybridized carbons (Fsp3) is 0.647. The number of hydrogen-bond donors (Lipinski definition) is 1. The van der Waals surface area contributed by atoms with Crippen LogP contribution in [0.5, 0.6) is 0 Å². The summed E-state index contributed by atoms with van der Waals surface area (Å²) in [5, 5.41) is 3.66. The number of benzene rings is 1. The average molecular weight is 245 g/mol. The molecule has 0 aromatic heterocycles. The van der Waals surface area contributed by atoms with E-state index in [-0.39, 0.29) is 0 Å². The molecule has 0 saturated heterocycles. The lowest BCUT2D eigenvalue weighted by molar-refractivity contribution is 0.386. The van der Waals surface area contributed by atoms with Gasteiger partial charge in [0, 0.05) is 6.04 Å². The van der Waals surface area contributed by atoms with Gasteiger partial charge in [-0.15, -0.1) is 0 Å². The summed E-state index contributed by atoms with van der Waals surface area (Å²) in [7, 11) is 0. The van der Waals surface area contributed by atoms with Gasteiger partial charge in [0.15, 0.2) is 0 Å². The molecule has 18 heavy (non-hydrogen) atoms. The molecular formula is C17H27N. The first-order valence-electron chi connectivity index (χ1n) is 7.40. The van der Waals surface area contributed by atoms with Gasteiger partial charge in [-0.3, -0.25) is 0 Å². The number of hydrogen-bond acceptors (Lipinski definition) is 1. The van der Waals surface area contributed by atoms with Crippen LogP contribution < -0.4 is 5.32 Å². The third-order valence-electron chi connectivity index (χ3n) is 4.36. The lowest BCUT2D eigenvalue weighted by Crippen LogP contribution is -2.24. The smallest absolute Gasteiger partial charge is 0.0354 e. The molecule has 1 N–H and O–H groups in total. The van der Waals surface area contributed by atoms with Crippen molar-refractivity contribution in [3.05, 3.63) is 34.9 Å². The van der Waals surface area contributed by atoms with Crippen LogP contribution in [0.1, 0.15) is 63.3 Å². The molecule has 3 unspecified atom stereocenters. The molecule has 0 spiro atoms. The van der Waals surface area contributed by atoms with E-state index in [2.05, 4.69) is 58.1 Å². The van der Waals surface area contributed by atoms with Crippen molar-refractivity contribution >= 4 is 0 Å². The van der Waals surface area contributed by atoms with Gasteiger partial charge in [-0.05, 0) is 47.4 Å². The zero-order valence-electron chi connectivity index (χ0n) is 12.5. The fourth-order valence-corrected chi connectivity index (χ4v) is 3.28. The van der Waals surface area contributed by atoms with Crippen molar-refractivity contribution in [3.63, 3.8) is 0 Å². The maximum atomic E-state index is 3.66. The highest BCUT2D eigenvalue weighted by molar-refractivity contribution is 5.42. The van der Waals surface area contributed by atoms with E-state index >= 15 is 0 Å². The molecule has 1 aromatic rings. The van der Waals surface area contributed by atoms with Crippen LogP contribution in [0.25, 0.3) is 0 Å². The van der Waals surface area contributed by atoms with E-state index in [0.717, 1.165) is 12.5 Å². The van der Waals surface area contributed by atoms with Crippen LogP contribution in [0, 0.1) is 11.8 Å². The molecule has 0 radical (unpaired) electrons. The quantitative estimate of drug-likeness (QED) is 0.834. The molecule has 2 rings (SSSR count). The van der Waals surface area contributed by atoms with Gasteiger partial charge >= 0.3 is 0 Å². The van der Waals surface area contributed by atoms with Crippen molar-refractivity contribution in [2.24, 2.45) is 11.8 Å². The van der Waals surface area contributed by atoms with Crippen LogP contribution in [0.4, 0.5) is 0 Å². The highest BCUT2D eigenvalue weighted by Gasteiger charge is 2.34. The van der Waals surface area contributed by atoms with E-state index < -0.39 is 0 Å². The lowest BCUT2D eigenvalue weighted by Gasteiger charge is -2.20. The Morgan fingerprint density at radius 2 is 1.89 bits per heavy atom. The Bertz CT molecular complexity index is 408. The SMILES string of the molecule is CCNC1c2cc(CC(C)C)ccc2C(C)C1C. The fourth-order valence-electron chi connectivity index (χ4n) is 3.28. The largest absolute Gasteiger partial charge is 0.310 e. The van der Waals surface area contributed by atoms with Crippen molar-refractivity contribution in [1.29, 1.82) is 0 Å². The first-order valence-corrected chi connectivity index (χ1v) is 7.40. The molecule has 1 heteroatoms. The molecule has 1 aromatic carbocycles. The molecule has 0 saturated carbocycles. The number of rotatable bonds is 4. The highest BCUT2D eigenvalue weighted by Crippen LogP contribution is 2.44. The van der Waals surface area contributed by atoms with E-state index in [1.807, 2.05) is 0 Å². The van der Waals surface area contributed by atoms with Gasteiger partial charge in [0.1, 0.15) is 0 Å². The lowest BCUT2D eigenvalue weighted by atomic mass is 9.94. The summed E-state index contributed by atoms with van der Waals surface area (Å²) in [6.45, 7) is 12.6. The molecule has 1 aliphatic carbocycles. The van der Waals surface area contributed by atoms with E-state index in [1.54, 1.807) is 11.1 Å². The van der Waals surface area contributed by atoms with E-state index in [0.29, 0.717) is 17.9 Å². The third kappa shape index (κ3) is 2.47. The summed E-state index contributed by atoms with van der Waals surface area (Å²) in [5.74, 6) is 2.11. The summed E-state index contributed by atoms with van der Waals surface area (Å²) in [5.41, 5.74) is 4.60. The van der Waals surface area contributed by atoms with Gasteiger partial charge in [-0.2, -0.15) is 0 Å². The topological polar surface area (TPSA) is 12.0 Å². The third-order valence-corrected chi connectivity index (χ3v) is 4.36. The zero-order valence-corrected chi connectivity index (χ0v) is 12.5. The van der Waals surface area contributed by atoms with E-state index in [1.165, 1.54) is 12.0 Å². The van der Waals surface area contributed by atoms with Gasteiger partial charge < -0.3 is 5.32 Å². The second-order valence-corrected chi connectivity index (χ2v) is 6.24. The molecule has 1 nitrogen and oxygen atoms in total. The summed E-state index contributed by atoms with van der Waals surface area (Å²) < 4.78 is 0. The van der Waals surface area contributed by atoms with Crippen molar-refractivity contribution in [2.45, 2.75) is 53.0 Å². The Labute approximate surface area is 112 Å². The molecule has 0 bridgehead atoms. The van der Waals surface area contributed by atoms with Crippen molar-refractivity contribution < 1.29 is 0 Å². The minimum absolute atomic E-state index is 0.548. The maximum absolute atomic E-state index is 3.66. The molecule has 100 valence electrons. The van der Waals surface area contributed by atoms with Gasteiger partial charge in [-0.25, -0.2) is 0 Å². The second-order valence-electron chi connectivity index (χ2n) is 6.24. The zero-order chi connectivity index (χ0) is 13.3. The summed E-state index contributed by atoms with van der Waals surface area (Å²) in [4.78, 5) is 0. The normalized spacial score (nSPS) is 26.7. The van der Waals surface area contributed by atoms with Gasteiger partial charge in [0.05, 0.1) is 0 Å². The molecule has 1 aliphatic rings. The molecular weight excluding hydrogens is 218 g/mol. The molecule has 3 atom stereocenters. The number of fused-ring (bicyclic) bond motifs is 1. The molecule has 0 aliphatic heterocycles. The van der Waals surface area contributed by atoms with Crippen LogP contribution in [0.2, 0.25) is 0 Å². The Morgan fingerprint density at radius 1 is 1.17 bits per heavy atom. The van der Waals surface area contributed by atoms with Crippen molar-refractivity contribution in [3.8, 4) is 0 Å². The van der Waals surface area contributed by atoms with Gasteiger partial charge in [-0.1, -0.05) is 52.8 Å². The maximum Gasteiger partial charge on any atom is 0.0354 e. The van der Waals surface area contributed by atoms with Crippen molar-refractivity contribution in [2.75, 3.05) is 6.54 Å². The van der Waals surface area contributed by atoms with Crippen LogP contribution >= 0.6 is 0 Å². The second kappa shape index (κ2) is 5.44. The van der Waals surface area contributed by atoms with Gasteiger partial charge in [0.2, 0.25) is 0 Å². The molecule has 0 heterocycles. The van der Waals surface area contributed by atoms with Crippen LogP contribution in [-0.4, -0.2) is 6.54 Å². The molecule has 0 amide bonds. The first kappa shape index (κ1) is 13.6.